The summed E-state index contributed by atoms with van der Waals surface area (Å²) in [5.74, 6) is 0.305. The number of hydrogen-bond donors (Lipinski definition) is 0. The number of rotatable bonds is 2. The van der Waals surface area contributed by atoms with E-state index in [1.807, 2.05) is 17.4 Å². The molecule has 0 saturated heterocycles. The molecule has 0 amide bonds. The highest BCUT2D eigenvalue weighted by Gasteiger charge is 2.19. The van der Waals surface area contributed by atoms with Gasteiger partial charge in [0.1, 0.15) is 11.2 Å². The molecule has 3 heterocycles. The summed E-state index contributed by atoms with van der Waals surface area (Å²) in [4.78, 5) is 0. The van der Waals surface area contributed by atoms with Crippen LogP contribution in [0.15, 0.2) is 114 Å². The Hall–Kier alpha value is -4.60. The number of fused-ring (bicyclic) bond motifs is 9. The third-order valence-electron chi connectivity index (χ3n) is 8.34. The third kappa shape index (κ3) is 3.02. The number of nitrogens with zero attached hydrogens (tertiary/aromatic N) is 1. The Morgan fingerprint density at radius 1 is 0.667 bits per heavy atom. The molecule has 3 heteroatoms. The maximum atomic E-state index is 6.23. The molecule has 39 heavy (non-hydrogen) atoms. The Kier molecular flexibility index (Phi) is 4.35. The van der Waals surface area contributed by atoms with Crippen LogP contribution >= 0.6 is 11.3 Å². The predicted molar refractivity (Wildman–Crippen MR) is 165 cm³/mol. The van der Waals surface area contributed by atoms with Crippen molar-refractivity contribution in [2.24, 2.45) is 0 Å². The summed E-state index contributed by atoms with van der Waals surface area (Å²) in [5.41, 5.74) is 6.97. The molecular formula is C36H23NOS. The lowest BCUT2D eigenvalue weighted by Gasteiger charge is -2.14. The van der Waals surface area contributed by atoms with Gasteiger partial charge in [0.05, 0.1) is 16.7 Å². The Bertz CT molecular complexity index is 2330. The fourth-order valence-corrected chi connectivity index (χ4v) is 7.73. The topological polar surface area (TPSA) is 18.1 Å². The van der Waals surface area contributed by atoms with Crippen molar-refractivity contribution < 1.29 is 4.42 Å². The van der Waals surface area contributed by atoms with Crippen molar-refractivity contribution in [1.82, 2.24) is 4.57 Å². The van der Waals surface area contributed by atoms with Gasteiger partial charge in [-0.25, -0.2) is 0 Å². The first kappa shape index (κ1) is 21.3. The van der Waals surface area contributed by atoms with Gasteiger partial charge in [0.25, 0.3) is 0 Å². The highest BCUT2D eigenvalue weighted by atomic mass is 32.1. The minimum Gasteiger partial charge on any atom is -0.456 e. The van der Waals surface area contributed by atoms with Crippen LogP contribution in [-0.2, 0) is 0 Å². The maximum absolute atomic E-state index is 6.23. The van der Waals surface area contributed by atoms with Crippen molar-refractivity contribution in [2.75, 3.05) is 0 Å². The van der Waals surface area contributed by atoms with E-state index in [0.29, 0.717) is 5.92 Å². The number of aromatic nitrogens is 1. The number of hydrogen-bond acceptors (Lipinski definition) is 2. The van der Waals surface area contributed by atoms with Gasteiger partial charge in [-0.3, -0.25) is 0 Å². The van der Waals surface area contributed by atoms with Gasteiger partial charge in [-0.05, 0) is 53.6 Å². The monoisotopic (exact) mass is 517 g/mol. The van der Waals surface area contributed by atoms with Gasteiger partial charge in [-0.1, -0.05) is 84.9 Å². The van der Waals surface area contributed by atoms with E-state index >= 15 is 0 Å². The van der Waals surface area contributed by atoms with Crippen molar-refractivity contribution in [3.05, 3.63) is 125 Å². The van der Waals surface area contributed by atoms with Crippen LogP contribution in [0.3, 0.4) is 0 Å². The zero-order valence-electron chi connectivity index (χ0n) is 21.1. The van der Waals surface area contributed by atoms with Gasteiger partial charge in [-0.2, -0.15) is 0 Å². The second-order valence-electron chi connectivity index (χ2n) is 10.5. The minimum atomic E-state index is 0.305. The molecule has 0 bridgehead atoms. The summed E-state index contributed by atoms with van der Waals surface area (Å²) in [6.45, 7) is 0. The average molecular weight is 518 g/mol. The molecule has 3 aromatic heterocycles. The fourth-order valence-electron chi connectivity index (χ4n) is 6.57. The molecule has 184 valence electrons. The van der Waals surface area contributed by atoms with Crippen molar-refractivity contribution in [1.29, 1.82) is 0 Å². The van der Waals surface area contributed by atoms with Crippen LogP contribution in [0.2, 0.25) is 0 Å². The molecule has 0 radical (unpaired) electrons. The van der Waals surface area contributed by atoms with E-state index in [-0.39, 0.29) is 0 Å². The van der Waals surface area contributed by atoms with E-state index in [0.717, 1.165) is 17.6 Å². The van der Waals surface area contributed by atoms with E-state index in [2.05, 4.69) is 120 Å². The van der Waals surface area contributed by atoms with Gasteiger partial charge >= 0.3 is 0 Å². The quantitative estimate of drug-likeness (QED) is 0.224. The third-order valence-corrected chi connectivity index (χ3v) is 9.50. The highest BCUT2D eigenvalue weighted by molar-refractivity contribution is 7.17. The van der Waals surface area contributed by atoms with Crippen LogP contribution < -0.4 is 9.75 Å². The van der Waals surface area contributed by atoms with Gasteiger partial charge in [-0.15, -0.1) is 11.3 Å². The second-order valence-corrected chi connectivity index (χ2v) is 11.6. The van der Waals surface area contributed by atoms with Gasteiger partial charge in [0.2, 0.25) is 0 Å². The molecule has 0 fully saturated rings. The van der Waals surface area contributed by atoms with Crippen LogP contribution in [0.4, 0.5) is 0 Å². The lowest BCUT2D eigenvalue weighted by molar-refractivity contribution is 0.667. The molecule has 1 aliphatic carbocycles. The Balaban J connectivity index is 1.29. The maximum Gasteiger partial charge on any atom is 0.135 e. The van der Waals surface area contributed by atoms with Crippen LogP contribution in [0.25, 0.3) is 71.7 Å². The van der Waals surface area contributed by atoms with E-state index in [9.17, 15) is 0 Å². The molecule has 0 aliphatic heterocycles. The molecular weight excluding hydrogens is 494 g/mol. The van der Waals surface area contributed by atoms with Gasteiger partial charge < -0.3 is 8.98 Å². The van der Waals surface area contributed by atoms with Crippen LogP contribution in [0.1, 0.15) is 17.9 Å². The summed E-state index contributed by atoms with van der Waals surface area (Å²) < 4.78 is 11.4. The number of benzene rings is 5. The van der Waals surface area contributed by atoms with Crippen LogP contribution in [-0.4, -0.2) is 4.57 Å². The Labute approximate surface area is 228 Å². The molecule has 5 aromatic carbocycles. The predicted octanol–water partition coefficient (Wildman–Crippen LogP) is 8.65. The first-order valence-corrected chi connectivity index (χ1v) is 14.3. The van der Waals surface area contributed by atoms with Gasteiger partial charge in [0.15, 0.2) is 0 Å². The van der Waals surface area contributed by atoms with Crippen molar-refractivity contribution >= 4 is 77.3 Å². The molecule has 1 aliphatic rings. The minimum absolute atomic E-state index is 0.305. The Morgan fingerprint density at radius 2 is 1.38 bits per heavy atom. The first-order chi connectivity index (χ1) is 19.3. The van der Waals surface area contributed by atoms with Crippen molar-refractivity contribution in [3.63, 3.8) is 0 Å². The zero-order valence-corrected chi connectivity index (χ0v) is 21.9. The first-order valence-electron chi connectivity index (χ1n) is 13.5. The summed E-state index contributed by atoms with van der Waals surface area (Å²) in [6.07, 6.45) is 5.93. The largest absolute Gasteiger partial charge is 0.456 e. The van der Waals surface area contributed by atoms with E-state index in [1.54, 1.807) is 0 Å². The molecule has 1 unspecified atom stereocenters. The van der Waals surface area contributed by atoms with Crippen molar-refractivity contribution in [3.8, 4) is 5.69 Å². The number of thiophene rings is 1. The summed E-state index contributed by atoms with van der Waals surface area (Å²) >= 11 is 1.91. The molecule has 0 spiro atoms. The molecule has 0 saturated carbocycles. The zero-order chi connectivity index (χ0) is 25.5. The molecule has 9 rings (SSSR count). The number of para-hydroxylation sites is 3. The van der Waals surface area contributed by atoms with E-state index in [1.165, 1.54) is 63.7 Å². The Morgan fingerprint density at radius 3 is 2.21 bits per heavy atom. The highest BCUT2D eigenvalue weighted by Crippen LogP contribution is 2.36. The molecule has 0 N–H and O–H groups in total. The number of furan rings is 1. The standard InChI is InChI=1S/C36H23NOS/c1-4-11-29-24(8-1)25-9-2-5-12-30(25)37(29)31-13-7-15-35-36(31)28-20-22(17-19-34(28)39-35)23-16-18-27-26-10-3-6-14-32(26)38-33(27)21-23/h1-16,18-22H,17H2. The SMILES string of the molecule is C1=c2sc3cccc(-n4c5ccccc5c5ccccc54)c3c2=CC(c2ccc3c(c2)oc2ccccc23)C1. The lowest BCUT2D eigenvalue weighted by atomic mass is 9.91. The van der Waals surface area contributed by atoms with Crippen molar-refractivity contribution in [2.45, 2.75) is 12.3 Å². The normalized spacial score (nSPS) is 15.2. The van der Waals surface area contributed by atoms with E-state index < -0.39 is 0 Å². The van der Waals surface area contributed by atoms with Crippen LogP contribution in [0, 0.1) is 0 Å². The second kappa shape index (κ2) is 7.95. The fraction of sp³-hybridized carbons (Fsp3) is 0.0556. The van der Waals surface area contributed by atoms with Crippen LogP contribution in [0.5, 0.6) is 0 Å². The summed E-state index contributed by atoms with van der Waals surface area (Å²) in [6, 6.07) is 39.4. The average Bonchev–Trinajstić information content (AvgIpc) is 3.66. The lowest BCUT2D eigenvalue weighted by Crippen LogP contribution is -2.24. The smallest absolute Gasteiger partial charge is 0.135 e. The molecule has 2 nitrogen and oxygen atoms in total. The molecule has 8 aromatic rings. The van der Waals surface area contributed by atoms with Gasteiger partial charge in [0, 0.05) is 42.1 Å². The molecule has 1 atom stereocenters. The summed E-state index contributed by atoms with van der Waals surface area (Å²) in [5, 5.41) is 7.65. The van der Waals surface area contributed by atoms with E-state index in [4.69, 9.17) is 4.42 Å². The summed E-state index contributed by atoms with van der Waals surface area (Å²) in [7, 11) is 0.